The SMILES string of the molecule is Cn1cncc1C(=O)NC1CCNCC1. The highest BCUT2D eigenvalue weighted by Crippen LogP contribution is 2.04. The standard InChI is InChI=1S/C10H16N4O/c1-14-7-12-6-9(14)10(15)13-8-2-4-11-5-3-8/h6-8,11H,2-5H2,1H3,(H,13,15). The van der Waals surface area contributed by atoms with Gasteiger partial charge in [-0.15, -0.1) is 0 Å². The molecule has 0 bridgehead atoms. The van der Waals surface area contributed by atoms with Gasteiger partial charge in [-0.25, -0.2) is 4.98 Å². The van der Waals surface area contributed by atoms with Gasteiger partial charge in [0, 0.05) is 13.1 Å². The Hall–Kier alpha value is -1.36. The van der Waals surface area contributed by atoms with Gasteiger partial charge in [0.1, 0.15) is 5.69 Å². The Morgan fingerprint density at radius 2 is 2.33 bits per heavy atom. The zero-order valence-electron chi connectivity index (χ0n) is 8.86. The van der Waals surface area contributed by atoms with Crippen LogP contribution in [0.25, 0.3) is 0 Å². The number of piperidine rings is 1. The normalized spacial score (nSPS) is 17.7. The summed E-state index contributed by atoms with van der Waals surface area (Å²) in [7, 11) is 1.82. The minimum Gasteiger partial charge on any atom is -0.348 e. The van der Waals surface area contributed by atoms with Gasteiger partial charge in [0.25, 0.3) is 5.91 Å². The van der Waals surface area contributed by atoms with Crippen molar-refractivity contribution in [3.05, 3.63) is 18.2 Å². The lowest BCUT2D eigenvalue weighted by Gasteiger charge is -2.23. The van der Waals surface area contributed by atoms with E-state index >= 15 is 0 Å². The molecule has 2 rings (SSSR count). The number of nitrogens with one attached hydrogen (secondary N) is 2. The summed E-state index contributed by atoms with van der Waals surface area (Å²) in [6.07, 6.45) is 5.24. The van der Waals surface area contributed by atoms with E-state index in [-0.39, 0.29) is 5.91 Å². The Bertz CT molecular complexity index is 341. The Labute approximate surface area is 88.9 Å². The van der Waals surface area contributed by atoms with Gasteiger partial charge in [-0.3, -0.25) is 4.79 Å². The van der Waals surface area contributed by atoms with Crippen molar-refractivity contribution in [1.29, 1.82) is 0 Å². The first-order chi connectivity index (χ1) is 7.27. The Morgan fingerprint density at radius 3 is 2.93 bits per heavy atom. The summed E-state index contributed by atoms with van der Waals surface area (Å²) in [6, 6.07) is 0.300. The lowest BCUT2D eigenvalue weighted by atomic mass is 10.1. The molecule has 5 heteroatoms. The van der Waals surface area contributed by atoms with E-state index in [0.29, 0.717) is 11.7 Å². The summed E-state index contributed by atoms with van der Waals surface area (Å²) in [4.78, 5) is 15.7. The smallest absolute Gasteiger partial charge is 0.269 e. The topological polar surface area (TPSA) is 59.0 Å². The number of aromatic nitrogens is 2. The second-order valence-corrected chi connectivity index (χ2v) is 3.89. The van der Waals surface area contributed by atoms with E-state index in [4.69, 9.17) is 0 Å². The monoisotopic (exact) mass is 208 g/mol. The van der Waals surface area contributed by atoms with Crippen LogP contribution in [0.1, 0.15) is 23.3 Å². The fourth-order valence-electron chi connectivity index (χ4n) is 1.80. The number of amides is 1. The third-order valence-corrected chi connectivity index (χ3v) is 2.72. The molecular weight excluding hydrogens is 192 g/mol. The first-order valence-electron chi connectivity index (χ1n) is 5.25. The number of nitrogens with zero attached hydrogens (tertiary/aromatic N) is 2. The maximum Gasteiger partial charge on any atom is 0.269 e. The van der Waals surface area contributed by atoms with Crippen molar-refractivity contribution in [2.45, 2.75) is 18.9 Å². The van der Waals surface area contributed by atoms with Crippen molar-refractivity contribution in [1.82, 2.24) is 20.2 Å². The average Bonchev–Trinajstić information content (AvgIpc) is 2.66. The molecule has 1 aromatic rings. The first-order valence-corrected chi connectivity index (χ1v) is 5.25. The Balaban J connectivity index is 1.94. The van der Waals surface area contributed by atoms with E-state index in [1.54, 1.807) is 17.1 Å². The molecule has 1 aromatic heterocycles. The van der Waals surface area contributed by atoms with Crippen molar-refractivity contribution < 1.29 is 4.79 Å². The molecule has 1 aliphatic heterocycles. The molecule has 0 saturated carbocycles. The van der Waals surface area contributed by atoms with E-state index in [2.05, 4.69) is 15.6 Å². The van der Waals surface area contributed by atoms with Crippen LogP contribution in [0.15, 0.2) is 12.5 Å². The number of carbonyl (C=O) groups excluding carboxylic acids is 1. The quantitative estimate of drug-likeness (QED) is 0.713. The molecule has 5 nitrogen and oxygen atoms in total. The van der Waals surface area contributed by atoms with E-state index in [0.717, 1.165) is 25.9 Å². The van der Waals surface area contributed by atoms with Crippen LogP contribution in [0.5, 0.6) is 0 Å². The summed E-state index contributed by atoms with van der Waals surface area (Å²) < 4.78 is 1.73. The van der Waals surface area contributed by atoms with Gasteiger partial charge in [-0.2, -0.15) is 0 Å². The number of imidazole rings is 1. The molecule has 1 fully saturated rings. The number of carbonyl (C=O) groups is 1. The first kappa shape index (κ1) is 10.2. The lowest BCUT2D eigenvalue weighted by Crippen LogP contribution is -2.43. The molecule has 82 valence electrons. The van der Waals surface area contributed by atoms with Crippen LogP contribution in [-0.4, -0.2) is 34.6 Å². The summed E-state index contributed by atoms with van der Waals surface area (Å²) in [6.45, 7) is 1.96. The van der Waals surface area contributed by atoms with Crippen molar-refractivity contribution in [3.63, 3.8) is 0 Å². The highest BCUT2D eigenvalue weighted by molar-refractivity contribution is 5.92. The third-order valence-electron chi connectivity index (χ3n) is 2.72. The second-order valence-electron chi connectivity index (χ2n) is 3.89. The highest BCUT2D eigenvalue weighted by Gasteiger charge is 2.17. The average molecular weight is 208 g/mol. The Morgan fingerprint density at radius 1 is 1.60 bits per heavy atom. The molecule has 1 amide bonds. The molecule has 0 unspecified atom stereocenters. The van der Waals surface area contributed by atoms with Gasteiger partial charge in [0.2, 0.25) is 0 Å². The van der Waals surface area contributed by atoms with Gasteiger partial charge in [0.05, 0.1) is 12.5 Å². The molecule has 0 spiro atoms. The van der Waals surface area contributed by atoms with Crippen LogP contribution in [-0.2, 0) is 7.05 Å². The van der Waals surface area contributed by atoms with Gasteiger partial charge in [-0.05, 0) is 25.9 Å². The zero-order valence-corrected chi connectivity index (χ0v) is 8.86. The van der Waals surface area contributed by atoms with Gasteiger partial charge in [0.15, 0.2) is 0 Å². The predicted molar refractivity (Wildman–Crippen MR) is 56.6 cm³/mol. The van der Waals surface area contributed by atoms with Crippen molar-refractivity contribution in [3.8, 4) is 0 Å². The van der Waals surface area contributed by atoms with Crippen molar-refractivity contribution in [2.24, 2.45) is 7.05 Å². The number of hydrogen-bond donors (Lipinski definition) is 2. The van der Waals surface area contributed by atoms with Gasteiger partial charge >= 0.3 is 0 Å². The summed E-state index contributed by atoms with van der Waals surface area (Å²) in [5.74, 6) is -0.0260. The highest BCUT2D eigenvalue weighted by atomic mass is 16.2. The number of hydrogen-bond acceptors (Lipinski definition) is 3. The molecule has 2 N–H and O–H groups in total. The van der Waals surface area contributed by atoms with E-state index < -0.39 is 0 Å². The van der Waals surface area contributed by atoms with Gasteiger partial charge < -0.3 is 15.2 Å². The minimum atomic E-state index is -0.0260. The molecule has 2 heterocycles. The molecule has 1 saturated heterocycles. The molecule has 0 aromatic carbocycles. The maximum atomic E-state index is 11.8. The van der Waals surface area contributed by atoms with Crippen LogP contribution in [0.2, 0.25) is 0 Å². The van der Waals surface area contributed by atoms with E-state index in [1.807, 2.05) is 7.05 Å². The van der Waals surface area contributed by atoms with Crippen molar-refractivity contribution in [2.75, 3.05) is 13.1 Å². The van der Waals surface area contributed by atoms with Crippen LogP contribution in [0, 0.1) is 0 Å². The predicted octanol–water partition coefficient (Wildman–Crippen LogP) is -0.0981. The molecule has 1 aliphatic rings. The summed E-state index contributed by atoms with van der Waals surface area (Å²) >= 11 is 0. The Kier molecular flexibility index (Phi) is 3.01. The van der Waals surface area contributed by atoms with Crippen LogP contribution >= 0.6 is 0 Å². The second kappa shape index (κ2) is 4.44. The number of rotatable bonds is 2. The fourth-order valence-corrected chi connectivity index (χ4v) is 1.80. The van der Waals surface area contributed by atoms with Crippen molar-refractivity contribution >= 4 is 5.91 Å². The van der Waals surface area contributed by atoms with Crippen LogP contribution < -0.4 is 10.6 Å². The molecule has 0 atom stereocenters. The summed E-state index contributed by atoms with van der Waals surface area (Å²) in [5, 5.41) is 6.29. The maximum absolute atomic E-state index is 11.8. The molecular formula is C10H16N4O. The molecule has 0 radical (unpaired) electrons. The van der Waals surface area contributed by atoms with E-state index in [1.165, 1.54) is 0 Å². The lowest BCUT2D eigenvalue weighted by molar-refractivity contribution is 0.0921. The largest absolute Gasteiger partial charge is 0.348 e. The molecule has 0 aliphatic carbocycles. The summed E-state index contributed by atoms with van der Waals surface area (Å²) in [5.41, 5.74) is 0.619. The van der Waals surface area contributed by atoms with E-state index in [9.17, 15) is 4.79 Å². The zero-order chi connectivity index (χ0) is 10.7. The van der Waals surface area contributed by atoms with Crippen LogP contribution in [0.4, 0.5) is 0 Å². The molecule has 15 heavy (non-hydrogen) atoms. The van der Waals surface area contributed by atoms with Gasteiger partial charge in [-0.1, -0.05) is 0 Å². The number of aryl methyl sites for hydroxylation is 1. The third kappa shape index (κ3) is 2.36. The minimum absolute atomic E-state index is 0.0260. The van der Waals surface area contributed by atoms with Crippen LogP contribution in [0.3, 0.4) is 0 Å². The fraction of sp³-hybridized carbons (Fsp3) is 0.600.